The zero-order valence-corrected chi connectivity index (χ0v) is 29.4. The molecule has 7 atom stereocenters. The molecule has 3 aliphatic rings. The van der Waals surface area contributed by atoms with Crippen molar-refractivity contribution in [1.29, 1.82) is 0 Å². The minimum Gasteiger partial charge on any atom is -0.495 e. The topological polar surface area (TPSA) is 148 Å². The zero-order valence-electron chi connectivity index (χ0n) is 27.7. The molecule has 4 bridgehead atoms. The summed E-state index contributed by atoms with van der Waals surface area (Å²) in [5.41, 5.74) is -0.673. The summed E-state index contributed by atoms with van der Waals surface area (Å²) in [4.78, 5) is 41.0. The number of rotatable bonds is 7. The number of ether oxygens (including phenoxy) is 5. The molecule has 260 valence electrons. The lowest BCUT2D eigenvalue weighted by Crippen LogP contribution is -2.63. The highest BCUT2D eigenvalue weighted by Gasteiger charge is 2.64. The highest BCUT2D eigenvalue weighted by molar-refractivity contribution is 7.80. The quantitative estimate of drug-likeness (QED) is 0.183. The molecule has 1 aromatic rings. The first-order valence-corrected chi connectivity index (χ1v) is 16.7. The lowest BCUT2D eigenvalue weighted by atomic mass is 9.83. The summed E-state index contributed by atoms with van der Waals surface area (Å²) < 4.78 is 28.8. The van der Waals surface area contributed by atoms with Crippen LogP contribution in [0.1, 0.15) is 52.0 Å². The standard InChI is InChI=1S/C33H46ClN3O9S/c1-19-10-9-11-25(43-6)33(41)18-24(44-31(40)36-33)20(2)29-32(3,46-29)26(45-30(39)35-12-7-8-13-47)17-27(38)37(4)22-15-21(14-19)16-23(42-5)28(22)34/h9-11,15-16,20,24-26,29,41,47H,7-8,12-14,17-18H2,1-6H3,(H,35,39)(H,36,40). The fourth-order valence-electron chi connectivity index (χ4n) is 6.20. The molecule has 3 amide bonds. The maximum absolute atomic E-state index is 13.9. The second kappa shape index (κ2) is 15.5. The molecule has 2 saturated heterocycles. The van der Waals surface area contributed by atoms with Gasteiger partial charge in [0.05, 0.1) is 25.3 Å². The molecule has 12 nitrogen and oxygen atoms in total. The summed E-state index contributed by atoms with van der Waals surface area (Å²) in [5.74, 6) is 0.253. The minimum atomic E-state index is -1.78. The molecule has 0 spiro atoms. The number of nitrogens with one attached hydrogen (secondary N) is 2. The van der Waals surface area contributed by atoms with Crippen molar-refractivity contribution in [3.8, 4) is 5.75 Å². The third kappa shape index (κ3) is 8.55. The van der Waals surface area contributed by atoms with Crippen LogP contribution in [0.5, 0.6) is 5.75 Å². The number of carbonyl (C=O) groups is 3. The molecule has 3 N–H and O–H groups in total. The number of carbonyl (C=O) groups excluding carboxylic acids is 3. The number of anilines is 1. The van der Waals surface area contributed by atoms with Gasteiger partial charge in [0.25, 0.3) is 0 Å². The van der Waals surface area contributed by atoms with Gasteiger partial charge in [-0.3, -0.25) is 10.1 Å². The number of thiol groups is 1. The maximum atomic E-state index is 13.9. The second-order valence-corrected chi connectivity index (χ2v) is 13.4. The summed E-state index contributed by atoms with van der Waals surface area (Å²) in [6, 6.07) is 3.62. The smallest absolute Gasteiger partial charge is 0.409 e. The van der Waals surface area contributed by atoms with Crippen molar-refractivity contribution in [2.24, 2.45) is 5.92 Å². The van der Waals surface area contributed by atoms with Crippen molar-refractivity contribution in [3.63, 3.8) is 0 Å². The Kier molecular flexibility index (Phi) is 12.2. The fraction of sp³-hybridized carbons (Fsp3) is 0.606. The Morgan fingerprint density at radius 1 is 1.28 bits per heavy atom. The molecule has 3 aliphatic heterocycles. The second-order valence-electron chi connectivity index (χ2n) is 12.5. The number of allylic oxidation sites excluding steroid dienone is 3. The summed E-state index contributed by atoms with van der Waals surface area (Å²) in [6.07, 6.45) is 2.30. The van der Waals surface area contributed by atoms with Crippen molar-refractivity contribution in [3.05, 3.63) is 46.5 Å². The van der Waals surface area contributed by atoms with Gasteiger partial charge in [-0.15, -0.1) is 0 Å². The third-order valence-electron chi connectivity index (χ3n) is 9.05. The third-order valence-corrected chi connectivity index (χ3v) is 9.75. The number of fused-ring (bicyclic) bond motifs is 5. The Hall–Kier alpha value is -2.97. The van der Waals surface area contributed by atoms with Gasteiger partial charge in [0, 0.05) is 33.0 Å². The number of epoxide rings is 1. The van der Waals surface area contributed by atoms with Crippen molar-refractivity contribution in [1.82, 2.24) is 10.6 Å². The van der Waals surface area contributed by atoms with Crippen molar-refractivity contribution >= 4 is 48.0 Å². The van der Waals surface area contributed by atoms with E-state index >= 15 is 0 Å². The highest BCUT2D eigenvalue weighted by Crippen LogP contribution is 2.49. The molecule has 3 heterocycles. The van der Waals surface area contributed by atoms with E-state index in [4.69, 9.17) is 35.3 Å². The van der Waals surface area contributed by atoms with E-state index in [0.717, 1.165) is 17.6 Å². The molecule has 47 heavy (non-hydrogen) atoms. The summed E-state index contributed by atoms with van der Waals surface area (Å²) in [5, 5.41) is 17.1. The Morgan fingerprint density at radius 2 is 2.02 bits per heavy atom. The highest BCUT2D eigenvalue weighted by atomic mass is 35.5. The van der Waals surface area contributed by atoms with E-state index in [1.54, 1.807) is 32.2 Å². The van der Waals surface area contributed by atoms with E-state index < -0.39 is 53.8 Å². The molecule has 2 fully saturated rings. The zero-order chi connectivity index (χ0) is 34.5. The lowest BCUT2D eigenvalue weighted by Gasteiger charge is -2.42. The van der Waals surface area contributed by atoms with Gasteiger partial charge in [-0.2, -0.15) is 12.6 Å². The molecule has 14 heteroatoms. The van der Waals surface area contributed by atoms with Gasteiger partial charge in [0.1, 0.15) is 34.7 Å². The van der Waals surface area contributed by atoms with E-state index in [1.165, 1.54) is 19.1 Å². The number of hydrogen-bond donors (Lipinski definition) is 4. The van der Waals surface area contributed by atoms with Crippen LogP contribution in [0.15, 0.2) is 35.9 Å². The Balaban J connectivity index is 1.74. The van der Waals surface area contributed by atoms with E-state index in [2.05, 4.69) is 23.3 Å². The number of alkyl carbamates (subject to hydrolysis) is 2. The molecule has 0 saturated carbocycles. The molecule has 0 aliphatic carbocycles. The summed E-state index contributed by atoms with van der Waals surface area (Å²) in [6.45, 7) is 5.90. The van der Waals surface area contributed by atoms with Crippen LogP contribution < -0.4 is 20.3 Å². The predicted molar refractivity (Wildman–Crippen MR) is 180 cm³/mol. The number of hydrogen-bond acceptors (Lipinski definition) is 10. The van der Waals surface area contributed by atoms with Gasteiger partial charge in [-0.25, -0.2) is 9.59 Å². The van der Waals surface area contributed by atoms with Crippen LogP contribution in [-0.2, 0) is 30.2 Å². The number of nitrogens with zero attached hydrogens (tertiary/aromatic N) is 1. The van der Waals surface area contributed by atoms with Gasteiger partial charge >= 0.3 is 12.2 Å². The monoisotopic (exact) mass is 695 g/mol. The molecule has 0 radical (unpaired) electrons. The number of unbranched alkanes of at least 4 members (excludes halogenated alkanes) is 1. The van der Waals surface area contributed by atoms with Crippen LogP contribution in [0.4, 0.5) is 15.3 Å². The molecule has 4 rings (SSSR count). The van der Waals surface area contributed by atoms with E-state index in [9.17, 15) is 19.5 Å². The fourth-order valence-corrected chi connectivity index (χ4v) is 6.74. The van der Waals surface area contributed by atoms with E-state index in [0.29, 0.717) is 36.6 Å². The van der Waals surface area contributed by atoms with Crippen LogP contribution in [-0.4, -0.2) is 92.5 Å². The van der Waals surface area contributed by atoms with Crippen LogP contribution in [0.3, 0.4) is 0 Å². The maximum Gasteiger partial charge on any atom is 0.409 e. The number of aliphatic hydroxyl groups is 1. The number of amides is 3. The first kappa shape index (κ1) is 36.9. The van der Waals surface area contributed by atoms with E-state index in [-0.39, 0.29) is 23.8 Å². The summed E-state index contributed by atoms with van der Waals surface area (Å²) >= 11 is 10.9. The first-order valence-electron chi connectivity index (χ1n) is 15.7. The van der Waals surface area contributed by atoms with Gasteiger partial charge < -0.3 is 39.0 Å². The normalized spacial score (nSPS) is 31.2. The average Bonchev–Trinajstić information content (AvgIpc) is 3.72. The number of methoxy groups -OCH3 is 2. The summed E-state index contributed by atoms with van der Waals surface area (Å²) in [7, 11) is 4.55. The van der Waals surface area contributed by atoms with Gasteiger partial charge in [0.15, 0.2) is 5.72 Å². The Morgan fingerprint density at radius 3 is 2.70 bits per heavy atom. The molecule has 0 aromatic heterocycles. The van der Waals surface area contributed by atoms with Crippen LogP contribution in [0.2, 0.25) is 5.02 Å². The van der Waals surface area contributed by atoms with E-state index in [1.807, 2.05) is 26.0 Å². The Bertz CT molecular complexity index is 1390. The van der Waals surface area contributed by atoms with Crippen LogP contribution >= 0.6 is 24.2 Å². The molecular weight excluding hydrogens is 650 g/mol. The number of halogens is 1. The van der Waals surface area contributed by atoms with Crippen molar-refractivity contribution in [2.45, 2.75) is 88.6 Å². The molecule has 1 aromatic carbocycles. The lowest BCUT2D eigenvalue weighted by molar-refractivity contribution is -0.142. The largest absolute Gasteiger partial charge is 0.495 e. The van der Waals surface area contributed by atoms with Gasteiger partial charge in [0.2, 0.25) is 5.91 Å². The van der Waals surface area contributed by atoms with Crippen LogP contribution in [0.25, 0.3) is 0 Å². The van der Waals surface area contributed by atoms with Crippen LogP contribution in [0, 0.1) is 5.92 Å². The first-order chi connectivity index (χ1) is 22.3. The molecular formula is C33H46ClN3O9S. The van der Waals surface area contributed by atoms with Gasteiger partial charge in [-0.1, -0.05) is 42.3 Å². The SMILES string of the molecule is COc1cc2cc(c1Cl)N(C)C(=O)CC(OC(=O)NCCCCS)C1(C)OC1C(C)C1CC(O)(NC(=O)O1)C(OC)C=CC=C(C)C2. The van der Waals surface area contributed by atoms with Crippen molar-refractivity contribution < 1.29 is 43.2 Å². The number of benzene rings is 1. The van der Waals surface area contributed by atoms with Gasteiger partial charge in [-0.05, 0) is 56.6 Å². The van der Waals surface area contributed by atoms with Crippen molar-refractivity contribution in [2.75, 3.05) is 38.5 Å². The Labute approximate surface area is 286 Å². The average molecular weight is 696 g/mol. The predicted octanol–water partition coefficient (Wildman–Crippen LogP) is 4.56. The minimum absolute atomic E-state index is 0.00958. The molecule has 7 unspecified atom stereocenters.